The van der Waals surface area contributed by atoms with Gasteiger partial charge in [-0.3, -0.25) is 4.57 Å². The van der Waals surface area contributed by atoms with Crippen molar-refractivity contribution in [2.45, 2.75) is 25.3 Å². The van der Waals surface area contributed by atoms with Crippen molar-refractivity contribution in [3.8, 4) is 0 Å². The molecular formula is C18H21ClN6O. The molecule has 0 amide bonds. The molecule has 0 spiro atoms. The Kier molecular flexibility index (Phi) is 4.42. The molecule has 3 heterocycles. The number of hydrogen-bond donors (Lipinski definition) is 2. The van der Waals surface area contributed by atoms with Crippen LogP contribution in [0.25, 0.3) is 11.2 Å². The summed E-state index contributed by atoms with van der Waals surface area (Å²) in [6.45, 7) is 3.69. The maximum Gasteiger partial charge on any atom is 0.225 e. The molecule has 136 valence electrons. The number of fused-ring (bicyclic) bond motifs is 1. The highest BCUT2D eigenvalue weighted by atomic mass is 35.5. The summed E-state index contributed by atoms with van der Waals surface area (Å²) in [6.07, 6.45) is 3.61. The van der Waals surface area contributed by atoms with E-state index in [1.54, 1.807) is 6.20 Å². The topological polar surface area (TPSA) is 76.9 Å². The molecule has 0 saturated carbocycles. The number of benzene rings is 1. The van der Waals surface area contributed by atoms with E-state index >= 15 is 0 Å². The van der Waals surface area contributed by atoms with E-state index in [1.165, 1.54) is 0 Å². The van der Waals surface area contributed by atoms with Gasteiger partial charge in [-0.1, -0.05) is 17.7 Å². The molecule has 1 aliphatic heterocycles. The number of aryl methyl sites for hydroxylation is 1. The molecule has 26 heavy (non-hydrogen) atoms. The minimum atomic E-state index is -0.0492. The van der Waals surface area contributed by atoms with Crippen molar-refractivity contribution >= 4 is 40.3 Å². The molecule has 0 atom stereocenters. The smallest absolute Gasteiger partial charge is 0.225 e. The SMILES string of the molecule is Cn1c(Nc2cccc(Cl)c2)nc2cnc(NC3(C)CCOCC3)nc21. The molecule has 0 bridgehead atoms. The summed E-state index contributed by atoms with van der Waals surface area (Å²) >= 11 is 6.05. The molecule has 8 heteroatoms. The minimum Gasteiger partial charge on any atom is -0.381 e. The standard InChI is InChI=1S/C18H21ClN6O/c1-18(6-8-26-9-7-18)24-16-20-11-14-15(23-16)25(2)17(22-14)21-13-5-3-4-12(19)10-13/h3-5,10-11H,6-9H2,1-2H3,(H,21,22)(H,20,23,24). The van der Waals surface area contributed by atoms with Gasteiger partial charge >= 0.3 is 0 Å². The van der Waals surface area contributed by atoms with Crippen LogP contribution in [0.1, 0.15) is 19.8 Å². The van der Waals surface area contributed by atoms with Crippen LogP contribution in [0.15, 0.2) is 30.5 Å². The van der Waals surface area contributed by atoms with Crippen molar-refractivity contribution in [2.24, 2.45) is 7.05 Å². The van der Waals surface area contributed by atoms with Crippen LogP contribution < -0.4 is 10.6 Å². The van der Waals surface area contributed by atoms with E-state index in [4.69, 9.17) is 16.3 Å². The van der Waals surface area contributed by atoms with Crippen LogP contribution in [-0.2, 0) is 11.8 Å². The Morgan fingerprint density at radius 2 is 2.04 bits per heavy atom. The third-order valence-electron chi connectivity index (χ3n) is 4.70. The van der Waals surface area contributed by atoms with Gasteiger partial charge < -0.3 is 15.4 Å². The first-order chi connectivity index (χ1) is 12.5. The number of rotatable bonds is 4. The van der Waals surface area contributed by atoms with Crippen molar-refractivity contribution in [3.63, 3.8) is 0 Å². The Labute approximate surface area is 156 Å². The predicted octanol–water partition coefficient (Wildman–Crippen LogP) is 3.74. The Bertz CT molecular complexity index is 935. The van der Waals surface area contributed by atoms with E-state index in [2.05, 4.69) is 32.5 Å². The summed E-state index contributed by atoms with van der Waals surface area (Å²) in [5.41, 5.74) is 2.33. The zero-order valence-corrected chi connectivity index (χ0v) is 15.5. The number of anilines is 3. The van der Waals surface area contributed by atoms with Crippen LogP contribution in [0.5, 0.6) is 0 Å². The van der Waals surface area contributed by atoms with Gasteiger partial charge in [0.05, 0.1) is 6.20 Å². The third kappa shape index (κ3) is 3.45. The highest BCUT2D eigenvalue weighted by Crippen LogP contribution is 2.26. The summed E-state index contributed by atoms with van der Waals surface area (Å²) in [5, 5.41) is 7.41. The first-order valence-electron chi connectivity index (χ1n) is 8.60. The largest absolute Gasteiger partial charge is 0.381 e. The molecular weight excluding hydrogens is 352 g/mol. The van der Waals surface area contributed by atoms with Crippen LogP contribution in [0.4, 0.5) is 17.6 Å². The fourth-order valence-electron chi connectivity index (χ4n) is 3.07. The Balaban J connectivity index is 1.61. The van der Waals surface area contributed by atoms with E-state index < -0.39 is 0 Å². The lowest BCUT2D eigenvalue weighted by atomic mass is 9.93. The Morgan fingerprint density at radius 3 is 2.81 bits per heavy atom. The fourth-order valence-corrected chi connectivity index (χ4v) is 3.26. The second-order valence-corrected chi connectivity index (χ2v) is 7.27. The number of halogens is 1. The number of nitrogens with zero attached hydrogens (tertiary/aromatic N) is 4. The lowest BCUT2D eigenvalue weighted by Crippen LogP contribution is -2.41. The molecule has 1 fully saturated rings. The summed E-state index contributed by atoms with van der Waals surface area (Å²) in [6, 6.07) is 7.52. The normalized spacial score (nSPS) is 16.6. The Hall–Kier alpha value is -2.38. The molecule has 0 unspecified atom stereocenters. The maximum absolute atomic E-state index is 6.05. The average molecular weight is 373 g/mol. The van der Waals surface area contributed by atoms with Gasteiger partial charge in [0.2, 0.25) is 11.9 Å². The van der Waals surface area contributed by atoms with E-state index in [1.807, 2.05) is 35.9 Å². The van der Waals surface area contributed by atoms with E-state index in [9.17, 15) is 0 Å². The van der Waals surface area contributed by atoms with E-state index in [-0.39, 0.29) is 5.54 Å². The average Bonchev–Trinajstić information content (AvgIpc) is 2.91. The summed E-state index contributed by atoms with van der Waals surface area (Å²) in [5.74, 6) is 1.30. The van der Waals surface area contributed by atoms with Crippen LogP contribution in [0.2, 0.25) is 5.02 Å². The minimum absolute atomic E-state index is 0.0492. The second kappa shape index (κ2) is 6.74. The highest BCUT2D eigenvalue weighted by Gasteiger charge is 2.28. The van der Waals surface area contributed by atoms with E-state index in [0.29, 0.717) is 16.9 Å². The number of imidazole rings is 1. The molecule has 1 saturated heterocycles. The van der Waals surface area contributed by atoms with Gasteiger partial charge in [-0.25, -0.2) is 9.97 Å². The predicted molar refractivity (Wildman–Crippen MR) is 103 cm³/mol. The zero-order valence-electron chi connectivity index (χ0n) is 14.8. The van der Waals surface area contributed by atoms with Crippen LogP contribution in [0, 0.1) is 0 Å². The molecule has 1 aliphatic rings. The fraction of sp³-hybridized carbons (Fsp3) is 0.389. The molecule has 1 aromatic carbocycles. The monoisotopic (exact) mass is 372 g/mol. The number of hydrogen-bond acceptors (Lipinski definition) is 6. The number of ether oxygens (including phenoxy) is 1. The van der Waals surface area contributed by atoms with Crippen molar-refractivity contribution < 1.29 is 4.74 Å². The maximum atomic E-state index is 6.05. The molecule has 2 aromatic heterocycles. The quantitative estimate of drug-likeness (QED) is 0.726. The van der Waals surface area contributed by atoms with Gasteiger partial charge in [-0.15, -0.1) is 0 Å². The number of aromatic nitrogens is 4. The third-order valence-corrected chi connectivity index (χ3v) is 4.94. The molecule has 3 aromatic rings. The molecule has 7 nitrogen and oxygen atoms in total. The lowest BCUT2D eigenvalue weighted by Gasteiger charge is -2.34. The van der Waals surface area contributed by atoms with Gasteiger partial charge in [-0.2, -0.15) is 4.98 Å². The van der Waals surface area contributed by atoms with Crippen molar-refractivity contribution in [3.05, 3.63) is 35.5 Å². The first-order valence-corrected chi connectivity index (χ1v) is 8.98. The van der Waals surface area contributed by atoms with Crippen LogP contribution in [-0.4, -0.2) is 38.3 Å². The molecule has 0 radical (unpaired) electrons. The molecule has 0 aliphatic carbocycles. The number of nitrogens with one attached hydrogen (secondary N) is 2. The van der Waals surface area contributed by atoms with Gasteiger partial charge in [0.25, 0.3) is 0 Å². The lowest BCUT2D eigenvalue weighted by molar-refractivity contribution is 0.0656. The van der Waals surface area contributed by atoms with Gasteiger partial charge in [0, 0.05) is 36.5 Å². The molecule has 4 rings (SSSR count). The van der Waals surface area contributed by atoms with Crippen LogP contribution in [0.3, 0.4) is 0 Å². The van der Waals surface area contributed by atoms with Gasteiger partial charge in [0.1, 0.15) is 5.52 Å². The summed E-state index contributed by atoms with van der Waals surface area (Å²) in [7, 11) is 1.93. The van der Waals surface area contributed by atoms with Crippen LogP contribution >= 0.6 is 11.6 Å². The van der Waals surface area contributed by atoms with E-state index in [0.717, 1.165) is 42.9 Å². The first kappa shape index (κ1) is 17.1. The second-order valence-electron chi connectivity index (χ2n) is 6.83. The van der Waals surface area contributed by atoms with Gasteiger partial charge in [-0.05, 0) is 38.0 Å². The summed E-state index contributed by atoms with van der Waals surface area (Å²) < 4.78 is 7.36. The molecule has 2 N–H and O–H groups in total. The van der Waals surface area contributed by atoms with Crippen molar-refractivity contribution in [2.75, 3.05) is 23.8 Å². The van der Waals surface area contributed by atoms with Crippen molar-refractivity contribution in [1.82, 2.24) is 19.5 Å². The van der Waals surface area contributed by atoms with Gasteiger partial charge in [0.15, 0.2) is 5.65 Å². The Morgan fingerprint density at radius 1 is 1.23 bits per heavy atom. The van der Waals surface area contributed by atoms with Crippen molar-refractivity contribution in [1.29, 1.82) is 0 Å². The highest BCUT2D eigenvalue weighted by molar-refractivity contribution is 6.30. The zero-order chi connectivity index (χ0) is 18.1. The summed E-state index contributed by atoms with van der Waals surface area (Å²) in [4.78, 5) is 13.7.